The number of ether oxygens (including phenoxy) is 1. The summed E-state index contributed by atoms with van der Waals surface area (Å²) >= 11 is 1.76. The third-order valence-corrected chi connectivity index (χ3v) is 6.13. The number of piperidine rings is 1. The van der Waals surface area contributed by atoms with Gasteiger partial charge in [0.15, 0.2) is 0 Å². The van der Waals surface area contributed by atoms with Crippen LogP contribution < -0.4 is 5.32 Å². The van der Waals surface area contributed by atoms with Crippen molar-refractivity contribution in [3.8, 4) is 0 Å². The Kier molecular flexibility index (Phi) is 4.41. The molecule has 2 unspecified atom stereocenters. The molecule has 5 nitrogen and oxygen atoms in total. The number of benzene rings is 1. The molecule has 0 spiro atoms. The third-order valence-electron chi connectivity index (χ3n) is 5.09. The molecule has 1 aromatic carbocycles. The number of aromatic nitrogens is 1. The molecule has 6 heteroatoms. The molecular weight excluding hydrogens is 322 g/mol. The molecule has 4 rings (SSSR count). The van der Waals surface area contributed by atoms with Gasteiger partial charge in [0.1, 0.15) is 5.01 Å². The van der Waals surface area contributed by atoms with Crippen molar-refractivity contribution < 1.29 is 9.53 Å². The van der Waals surface area contributed by atoms with Crippen LogP contribution in [0.3, 0.4) is 0 Å². The van der Waals surface area contributed by atoms with E-state index < -0.39 is 0 Å². The van der Waals surface area contributed by atoms with Crippen molar-refractivity contribution in [2.75, 3.05) is 6.61 Å². The summed E-state index contributed by atoms with van der Waals surface area (Å²) in [6.45, 7) is 3.13. The molecule has 2 aliphatic rings. The van der Waals surface area contributed by atoms with E-state index in [9.17, 15) is 4.79 Å². The summed E-state index contributed by atoms with van der Waals surface area (Å²) in [6, 6.07) is 9.39. The van der Waals surface area contributed by atoms with E-state index >= 15 is 0 Å². The third kappa shape index (κ3) is 3.00. The molecular formula is C18H23N3O2S. The highest BCUT2D eigenvalue weighted by Gasteiger charge is 2.43. The molecule has 1 amide bonds. The molecule has 2 atom stereocenters. The molecule has 1 aromatic heterocycles. The Morgan fingerprint density at radius 2 is 2.08 bits per heavy atom. The van der Waals surface area contributed by atoms with Crippen molar-refractivity contribution in [1.82, 2.24) is 15.2 Å². The number of hydrogen-bond donors (Lipinski definition) is 1. The number of hydrogen-bond acceptors (Lipinski definition) is 5. The first kappa shape index (κ1) is 15.8. The monoisotopic (exact) mass is 345 g/mol. The Hall–Kier alpha value is -1.66. The Balaban J connectivity index is 1.36. The number of rotatable bonds is 4. The first-order valence-electron chi connectivity index (χ1n) is 8.77. The normalized spacial score (nSPS) is 26.0. The average molecular weight is 345 g/mol. The van der Waals surface area contributed by atoms with Gasteiger partial charge in [-0.2, -0.15) is 0 Å². The summed E-state index contributed by atoms with van der Waals surface area (Å²) in [5, 5.41) is 4.80. The lowest BCUT2D eigenvalue weighted by Gasteiger charge is -2.38. The summed E-state index contributed by atoms with van der Waals surface area (Å²) in [5.41, 5.74) is 1.08. The molecule has 0 aliphatic carbocycles. The van der Waals surface area contributed by atoms with Gasteiger partial charge in [0.05, 0.1) is 16.8 Å². The van der Waals surface area contributed by atoms with Crippen LogP contribution in [-0.4, -0.2) is 40.7 Å². The fourth-order valence-corrected chi connectivity index (χ4v) is 4.99. The number of fused-ring (bicyclic) bond motifs is 3. The van der Waals surface area contributed by atoms with Gasteiger partial charge in [-0.1, -0.05) is 12.1 Å². The minimum Gasteiger partial charge on any atom is -0.450 e. The summed E-state index contributed by atoms with van der Waals surface area (Å²) in [5.74, 6) is 0. The predicted molar refractivity (Wildman–Crippen MR) is 95.2 cm³/mol. The van der Waals surface area contributed by atoms with Crippen LogP contribution in [-0.2, 0) is 11.3 Å². The average Bonchev–Trinajstić information content (AvgIpc) is 3.11. The Labute approximate surface area is 146 Å². The predicted octanol–water partition coefficient (Wildman–Crippen LogP) is 3.54. The minimum atomic E-state index is -0.130. The van der Waals surface area contributed by atoms with Gasteiger partial charge in [0.2, 0.25) is 0 Å². The van der Waals surface area contributed by atoms with Crippen LogP contribution in [0, 0.1) is 0 Å². The SMILES string of the molecule is CCOC(=O)N1C2CCC1CC(NCc1nc3ccccc3s1)C2. The van der Waals surface area contributed by atoms with Crippen LogP contribution in [0.5, 0.6) is 0 Å². The Morgan fingerprint density at radius 1 is 1.33 bits per heavy atom. The van der Waals surface area contributed by atoms with E-state index in [-0.39, 0.29) is 6.09 Å². The van der Waals surface area contributed by atoms with E-state index in [0.29, 0.717) is 24.7 Å². The number of carbonyl (C=O) groups is 1. The molecule has 2 aromatic rings. The van der Waals surface area contributed by atoms with Crippen LogP contribution in [0.4, 0.5) is 4.79 Å². The fourth-order valence-electron chi connectivity index (χ4n) is 4.07. The summed E-state index contributed by atoms with van der Waals surface area (Å²) in [6.07, 6.45) is 4.10. The standard InChI is InChI=1S/C18H23N3O2S/c1-2-23-18(22)21-13-7-8-14(21)10-12(9-13)19-11-17-20-15-5-3-4-6-16(15)24-17/h3-6,12-14,19H,2,7-11H2,1H3. The lowest BCUT2D eigenvalue weighted by molar-refractivity contribution is 0.0658. The van der Waals surface area contributed by atoms with Crippen LogP contribution in [0.15, 0.2) is 24.3 Å². The van der Waals surface area contributed by atoms with Gasteiger partial charge in [0, 0.05) is 24.7 Å². The number of para-hydroxylation sites is 1. The zero-order chi connectivity index (χ0) is 16.5. The van der Waals surface area contributed by atoms with Crippen molar-refractivity contribution in [3.63, 3.8) is 0 Å². The van der Waals surface area contributed by atoms with E-state index in [1.165, 1.54) is 4.70 Å². The van der Waals surface area contributed by atoms with Gasteiger partial charge in [0.25, 0.3) is 0 Å². The Morgan fingerprint density at radius 3 is 2.79 bits per heavy atom. The van der Waals surface area contributed by atoms with Gasteiger partial charge in [-0.05, 0) is 44.7 Å². The first-order chi connectivity index (χ1) is 11.7. The van der Waals surface area contributed by atoms with Crippen molar-refractivity contribution in [1.29, 1.82) is 0 Å². The van der Waals surface area contributed by atoms with Crippen molar-refractivity contribution in [2.45, 2.75) is 57.3 Å². The highest BCUT2D eigenvalue weighted by Crippen LogP contribution is 2.36. The topological polar surface area (TPSA) is 54.5 Å². The smallest absolute Gasteiger partial charge is 0.410 e. The summed E-state index contributed by atoms with van der Waals surface area (Å²) in [7, 11) is 0. The molecule has 0 radical (unpaired) electrons. The van der Waals surface area contributed by atoms with E-state index in [4.69, 9.17) is 4.74 Å². The molecule has 24 heavy (non-hydrogen) atoms. The van der Waals surface area contributed by atoms with Crippen LogP contribution in [0.1, 0.15) is 37.6 Å². The van der Waals surface area contributed by atoms with Gasteiger partial charge >= 0.3 is 6.09 Å². The van der Waals surface area contributed by atoms with Gasteiger partial charge in [-0.25, -0.2) is 9.78 Å². The number of amides is 1. The van der Waals surface area contributed by atoms with Crippen molar-refractivity contribution >= 4 is 27.6 Å². The largest absolute Gasteiger partial charge is 0.450 e. The second-order valence-electron chi connectivity index (χ2n) is 6.62. The maximum atomic E-state index is 12.1. The lowest BCUT2D eigenvalue weighted by Crippen LogP contribution is -2.51. The molecule has 128 valence electrons. The van der Waals surface area contributed by atoms with E-state index in [0.717, 1.165) is 42.8 Å². The molecule has 2 saturated heterocycles. The zero-order valence-electron chi connectivity index (χ0n) is 13.9. The number of nitrogens with zero attached hydrogens (tertiary/aromatic N) is 2. The van der Waals surface area contributed by atoms with Gasteiger partial charge in [-0.3, -0.25) is 0 Å². The molecule has 0 saturated carbocycles. The number of thiazole rings is 1. The molecule has 3 heterocycles. The van der Waals surface area contributed by atoms with E-state index in [1.54, 1.807) is 11.3 Å². The van der Waals surface area contributed by atoms with Crippen LogP contribution in [0.25, 0.3) is 10.2 Å². The van der Waals surface area contributed by atoms with Crippen molar-refractivity contribution in [2.24, 2.45) is 0 Å². The lowest BCUT2D eigenvalue weighted by atomic mass is 9.98. The summed E-state index contributed by atoms with van der Waals surface area (Å²) < 4.78 is 6.46. The maximum Gasteiger partial charge on any atom is 0.410 e. The molecule has 2 aliphatic heterocycles. The minimum absolute atomic E-state index is 0.130. The zero-order valence-corrected chi connectivity index (χ0v) is 14.7. The second-order valence-corrected chi connectivity index (χ2v) is 7.73. The van der Waals surface area contributed by atoms with E-state index in [1.807, 2.05) is 17.9 Å². The van der Waals surface area contributed by atoms with Crippen LogP contribution in [0.2, 0.25) is 0 Å². The van der Waals surface area contributed by atoms with Gasteiger partial charge < -0.3 is 15.0 Å². The number of nitrogens with one attached hydrogen (secondary N) is 1. The highest BCUT2D eigenvalue weighted by molar-refractivity contribution is 7.18. The molecule has 1 N–H and O–H groups in total. The maximum absolute atomic E-state index is 12.1. The second kappa shape index (κ2) is 6.69. The van der Waals surface area contributed by atoms with E-state index in [2.05, 4.69) is 28.5 Å². The Bertz CT molecular complexity index is 685. The fraction of sp³-hybridized carbons (Fsp3) is 0.556. The quantitative estimate of drug-likeness (QED) is 0.921. The molecule has 2 bridgehead atoms. The molecule has 2 fully saturated rings. The summed E-state index contributed by atoms with van der Waals surface area (Å²) in [4.78, 5) is 18.8. The van der Waals surface area contributed by atoms with Crippen molar-refractivity contribution in [3.05, 3.63) is 29.3 Å². The number of carbonyl (C=O) groups excluding carboxylic acids is 1. The highest BCUT2D eigenvalue weighted by atomic mass is 32.1. The first-order valence-corrected chi connectivity index (χ1v) is 9.59. The van der Waals surface area contributed by atoms with Crippen LogP contribution >= 0.6 is 11.3 Å². The van der Waals surface area contributed by atoms with Gasteiger partial charge in [-0.15, -0.1) is 11.3 Å².